The Hall–Kier alpha value is -3.22. The van der Waals surface area contributed by atoms with Gasteiger partial charge in [0.1, 0.15) is 18.1 Å². The Morgan fingerprint density at radius 2 is 1.27 bits per heavy atom. The standard InChI is InChI=1S/C20H35N5O8/c1-9(2)7-12(25-19(31)16(22)10(3)4)17(29)24-13(8-14(21)26)18(30)23-11(20(32)33)5-6-15(27)28/h9-13,16H,5-8,22H2,1-4H3,(H2,21,26)(H,23,30)(H,24,29)(H,25,31)(H,27,28)(H,32,33). The predicted molar refractivity (Wildman–Crippen MR) is 116 cm³/mol. The van der Waals surface area contributed by atoms with Crippen molar-refractivity contribution in [1.29, 1.82) is 0 Å². The molecule has 0 saturated heterocycles. The van der Waals surface area contributed by atoms with E-state index < -0.39 is 79.0 Å². The molecule has 0 bridgehead atoms. The first-order valence-corrected chi connectivity index (χ1v) is 10.5. The molecule has 0 rings (SSSR count). The summed E-state index contributed by atoms with van der Waals surface area (Å²) in [6.07, 6.45) is -1.38. The van der Waals surface area contributed by atoms with Gasteiger partial charge in [0.15, 0.2) is 0 Å². The fourth-order valence-electron chi connectivity index (χ4n) is 2.75. The summed E-state index contributed by atoms with van der Waals surface area (Å²) in [7, 11) is 0. The highest BCUT2D eigenvalue weighted by atomic mass is 16.4. The number of carboxylic acids is 2. The second kappa shape index (κ2) is 14.0. The number of hydrogen-bond acceptors (Lipinski definition) is 7. The molecule has 4 atom stereocenters. The first-order chi connectivity index (χ1) is 15.1. The maximum Gasteiger partial charge on any atom is 0.326 e. The molecule has 0 aliphatic heterocycles. The van der Waals surface area contributed by atoms with Crippen molar-refractivity contribution in [3.8, 4) is 0 Å². The average Bonchev–Trinajstić information content (AvgIpc) is 2.67. The molecule has 0 aromatic carbocycles. The van der Waals surface area contributed by atoms with E-state index in [9.17, 15) is 33.9 Å². The van der Waals surface area contributed by atoms with Crippen molar-refractivity contribution < 1.29 is 39.0 Å². The van der Waals surface area contributed by atoms with Crippen molar-refractivity contribution in [2.45, 2.75) is 77.5 Å². The number of aliphatic carboxylic acids is 2. The molecule has 0 aliphatic carbocycles. The van der Waals surface area contributed by atoms with Crippen molar-refractivity contribution >= 4 is 35.6 Å². The number of amides is 4. The average molecular weight is 474 g/mol. The van der Waals surface area contributed by atoms with Crippen LogP contribution in [0.5, 0.6) is 0 Å². The van der Waals surface area contributed by atoms with Crippen LogP contribution in [0.3, 0.4) is 0 Å². The van der Waals surface area contributed by atoms with Crippen molar-refractivity contribution in [3.63, 3.8) is 0 Å². The van der Waals surface area contributed by atoms with E-state index in [0.29, 0.717) is 0 Å². The Bertz CT molecular complexity index is 740. The third-order valence-corrected chi connectivity index (χ3v) is 4.66. The van der Waals surface area contributed by atoms with Crippen LogP contribution in [0.2, 0.25) is 0 Å². The quantitative estimate of drug-likeness (QED) is 0.143. The maximum atomic E-state index is 12.8. The topological polar surface area (TPSA) is 231 Å². The van der Waals surface area contributed by atoms with E-state index >= 15 is 0 Å². The minimum Gasteiger partial charge on any atom is -0.481 e. The lowest BCUT2D eigenvalue weighted by atomic mass is 10.00. The van der Waals surface area contributed by atoms with Crippen LogP contribution in [-0.4, -0.2) is 69.9 Å². The van der Waals surface area contributed by atoms with E-state index in [0.717, 1.165) is 0 Å². The monoisotopic (exact) mass is 473 g/mol. The largest absolute Gasteiger partial charge is 0.481 e. The Kier molecular flexibility index (Phi) is 12.7. The van der Waals surface area contributed by atoms with E-state index in [2.05, 4.69) is 16.0 Å². The fourth-order valence-corrected chi connectivity index (χ4v) is 2.75. The second-order valence-electron chi connectivity index (χ2n) is 8.52. The zero-order valence-corrected chi connectivity index (χ0v) is 19.3. The molecular weight excluding hydrogens is 438 g/mol. The molecule has 0 saturated carbocycles. The molecule has 188 valence electrons. The van der Waals surface area contributed by atoms with Crippen LogP contribution in [-0.2, 0) is 28.8 Å². The van der Waals surface area contributed by atoms with Gasteiger partial charge in [-0.15, -0.1) is 0 Å². The van der Waals surface area contributed by atoms with Gasteiger partial charge in [-0.05, 0) is 24.7 Å². The van der Waals surface area contributed by atoms with Crippen LogP contribution in [0, 0.1) is 11.8 Å². The van der Waals surface area contributed by atoms with E-state index in [1.165, 1.54) is 0 Å². The van der Waals surface area contributed by atoms with E-state index in [1.807, 2.05) is 13.8 Å². The molecule has 0 radical (unpaired) electrons. The highest BCUT2D eigenvalue weighted by molar-refractivity contribution is 5.96. The molecule has 4 unspecified atom stereocenters. The third-order valence-electron chi connectivity index (χ3n) is 4.66. The van der Waals surface area contributed by atoms with Crippen molar-refractivity contribution in [2.24, 2.45) is 23.3 Å². The first-order valence-electron chi connectivity index (χ1n) is 10.5. The van der Waals surface area contributed by atoms with Gasteiger partial charge in [0.05, 0.1) is 12.5 Å². The SMILES string of the molecule is CC(C)CC(NC(=O)C(N)C(C)C)C(=O)NC(CC(N)=O)C(=O)NC(CCC(=O)O)C(=O)O. The lowest BCUT2D eigenvalue weighted by Crippen LogP contribution is -2.58. The Morgan fingerprint density at radius 1 is 0.788 bits per heavy atom. The van der Waals surface area contributed by atoms with Crippen LogP contribution in [0.1, 0.15) is 53.4 Å². The van der Waals surface area contributed by atoms with Gasteiger partial charge in [-0.1, -0.05) is 27.7 Å². The third kappa shape index (κ3) is 11.8. The van der Waals surface area contributed by atoms with E-state index in [1.54, 1.807) is 13.8 Å². The number of primary amides is 1. The van der Waals surface area contributed by atoms with Crippen LogP contribution in [0.4, 0.5) is 0 Å². The van der Waals surface area contributed by atoms with Crippen LogP contribution >= 0.6 is 0 Å². The zero-order valence-electron chi connectivity index (χ0n) is 19.3. The molecule has 9 N–H and O–H groups in total. The summed E-state index contributed by atoms with van der Waals surface area (Å²) in [5, 5.41) is 24.9. The number of nitrogens with one attached hydrogen (secondary N) is 3. The molecule has 0 fully saturated rings. The van der Waals surface area contributed by atoms with Gasteiger partial charge in [-0.25, -0.2) is 4.79 Å². The highest BCUT2D eigenvalue weighted by Crippen LogP contribution is 2.08. The van der Waals surface area contributed by atoms with E-state index in [-0.39, 0.29) is 18.3 Å². The van der Waals surface area contributed by atoms with Crippen molar-refractivity contribution in [2.75, 3.05) is 0 Å². The molecule has 13 heteroatoms. The molecular formula is C20H35N5O8. The van der Waals surface area contributed by atoms with Crippen molar-refractivity contribution in [1.82, 2.24) is 16.0 Å². The number of rotatable bonds is 15. The van der Waals surface area contributed by atoms with Gasteiger partial charge >= 0.3 is 11.9 Å². The summed E-state index contributed by atoms with van der Waals surface area (Å²) < 4.78 is 0. The summed E-state index contributed by atoms with van der Waals surface area (Å²) in [5.74, 6) is -6.31. The molecule has 33 heavy (non-hydrogen) atoms. The molecule has 0 aromatic heterocycles. The van der Waals surface area contributed by atoms with Crippen LogP contribution < -0.4 is 27.4 Å². The molecule has 0 spiro atoms. The summed E-state index contributed by atoms with van der Waals surface area (Å²) >= 11 is 0. The molecule has 4 amide bonds. The highest BCUT2D eigenvalue weighted by Gasteiger charge is 2.32. The molecule has 0 aromatic rings. The summed E-state index contributed by atoms with van der Waals surface area (Å²) in [6, 6.07) is -5.04. The zero-order chi connectivity index (χ0) is 25.9. The normalized spacial score (nSPS) is 14.6. The van der Waals surface area contributed by atoms with Crippen molar-refractivity contribution in [3.05, 3.63) is 0 Å². The predicted octanol–water partition coefficient (Wildman–Crippen LogP) is -1.70. The summed E-state index contributed by atoms with van der Waals surface area (Å²) in [6.45, 7) is 7.08. The second-order valence-corrected chi connectivity index (χ2v) is 8.52. The fraction of sp³-hybridized carbons (Fsp3) is 0.700. The van der Waals surface area contributed by atoms with Gasteiger partial charge in [-0.2, -0.15) is 0 Å². The van der Waals surface area contributed by atoms with Gasteiger partial charge in [0.2, 0.25) is 23.6 Å². The number of carbonyl (C=O) groups excluding carboxylic acids is 4. The summed E-state index contributed by atoms with van der Waals surface area (Å²) in [4.78, 5) is 71.3. The van der Waals surface area contributed by atoms with Gasteiger partial charge in [0, 0.05) is 6.42 Å². The Morgan fingerprint density at radius 3 is 1.70 bits per heavy atom. The number of carbonyl (C=O) groups is 6. The molecule has 0 aliphatic rings. The van der Waals surface area contributed by atoms with Gasteiger partial charge in [-0.3, -0.25) is 24.0 Å². The molecule has 0 heterocycles. The first kappa shape index (κ1) is 29.8. The van der Waals surface area contributed by atoms with Crippen LogP contribution in [0.25, 0.3) is 0 Å². The Labute approximate surface area is 192 Å². The number of nitrogens with two attached hydrogens (primary N) is 2. The smallest absolute Gasteiger partial charge is 0.326 e. The lowest BCUT2D eigenvalue weighted by Gasteiger charge is -2.26. The van der Waals surface area contributed by atoms with Gasteiger partial charge in [0.25, 0.3) is 0 Å². The molecule has 13 nitrogen and oxygen atoms in total. The van der Waals surface area contributed by atoms with E-state index in [4.69, 9.17) is 16.6 Å². The Balaban J connectivity index is 5.54. The minimum absolute atomic E-state index is 0.0350. The minimum atomic E-state index is -1.56. The summed E-state index contributed by atoms with van der Waals surface area (Å²) in [5.41, 5.74) is 11.0. The van der Waals surface area contributed by atoms with Crippen LogP contribution in [0.15, 0.2) is 0 Å². The number of carboxylic acid groups (broad SMARTS) is 2. The lowest BCUT2D eigenvalue weighted by molar-refractivity contribution is -0.143. The maximum absolute atomic E-state index is 12.8. The van der Waals surface area contributed by atoms with Gasteiger partial charge < -0.3 is 37.6 Å². The number of hydrogen-bond donors (Lipinski definition) is 7.